The van der Waals surface area contributed by atoms with Gasteiger partial charge in [0.05, 0.1) is 11.7 Å². The quantitative estimate of drug-likeness (QED) is 0.622. The first kappa shape index (κ1) is 7.31. The number of fused-ring (bicyclic) bond motifs is 1. The minimum Gasteiger partial charge on any atom is -0.250 e. The number of hydrogen-bond acceptors (Lipinski definition) is 2. The minimum atomic E-state index is 0.471. The van der Waals surface area contributed by atoms with Crippen LogP contribution >= 0.6 is 0 Å². The first-order valence-corrected chi connectivity index (χ1v) is 4.29. The summed E-state index contributed by atoms with van der Waals surface area (Å²) in [6.45, 7) is 0. The average molecular weight is 176 g/mol. The lowest BCUT2D eigenvalue weighted by Crippen LogP contribution is -1.80. The highest BCUT2D eigenvalue weighted by Crippen LogP contribution is 2.12. The second-order valence-electron chi connectivity index (χ2n) is 2.45. The third-order valence-corrected chi connectivity index (χ3v) is 2.08. The van der Waals surface area contributed by atoms with Gasteiger partial charge < -0.3 is 0 Å². The van der Waals surface area contributed by atoms with Gasteiger partial charge in [0.15, 0.2) is 0 Å². The molecule has 1 aromatic heterocycles. The summed E-state index contributed by atoms with van der Waals surface area (Å²) in [6, 6.07) is 9.58. The first-order valence-electron chi connectivity index (χ1n) is 3.55. The monoisotopic (exact) mass is 176 g/mol. The Labute approximate surface area is 73.7 Å². The van der Waals surface area contributed by atoms with Crippen molar-refractivity contribution in [2.75, 3.05) is 0 Å². The summed E-state index contributed by atoms with van der Waals surface area (Å²) >= 11 is 0.471. The Balaban J connectivity index is 2.75. The molecule has 0 atom stereocenters. The summed E-state index contributed by atoms with van der Waals surface area (Å²) in [5.41, 5.74) is 0.926. The van der Waals surface area contributed by atoms with E-state index in [1.54, 1.807) is 6.20 Å². The fourth-order valence-corrected chi connectivity index (χ4v) is 1.37. The van der Waals surface area contributed by atoms with E-state index in [2.05, 4.69) is 4.98 Å². The van der Waals surface area contributed by atoms with Crippen LogP contribution in [0.15, 0.2) is 41.4 Å². The topological polar surface area (TPSA) is 30.0 Å². The van der Waals surface area contributed by atoms with E-state index in [0.717, 1.165) is 10.9 Å². The molecule has 0 aliphatic heterocycles. The molecule has 1 heterocycles. The highest BCUT2D eigenvalue weighted by molar-refractivity contribution is 7.65. The number of aromatic nitrogens is 1. The zero-order chi connectivity index (χ0) is 8.39. The van der Waals surface area contributed by atoms with Gasteiger partial charge in [0.1, 0.15) is 0 Å². The largest absolute Gasteiger partial charge is 0.506 e. The van der Waals surface area contributed by atoms with Crippen molar-refractivity contribution < 1.29 is 4.21 Å². The third kappa shape index (κ3) is 1.19. The highest BCUT2D eigenvalue weighted by atomic mass is 32.1. The maximum atomic E-state index is 10.5. The van der Waals surface area contributed by atoms with Gasteiger partial charge in [-0.25, -0.2) is 0 Å². The molecule has 0 saturated carbocycles. The molecule has 0 aliphatic rings. The fraction of sp³-hybridized carbons (Fsp3) is 0. The van der Waals surface area contributed by atoms with Crippen LogP contribution in [0, 0.1) is 0 Å². The number of para-hydroxylation sites is 1. The molecule has 0 radical (unpaired) electrons. The van der Waals surface area contributed by atoms with Gasteiger partial charge in [-0.1, -0.05) is 18.2 Å². The summed E-state index contributed by atoms with van der Waals surface area (Å²) in [6.07, 6.45) is 1.60. The standard InChI is InChI=1S/C9H6NOS/c11-12-8-5-7-3-1-2-4-9(7)10-6-8/h1-6H/q+1. The van der Waals surface area contributed by atoms with E-state index in [1.165, 1.54) is 0 Å². The van der Waals surface area contributed by atoms with Gasteiger partial charge in [-0.15, -0.1) is 0 Å². The molecule has 0 aliphatic carbocycles. The van der Waals surface area contributed by atoms with E-state index in [9.17, 15) is 4.21 Å². The van der Waals surface area contributed by atoms with Crippen LogP contribution in [0.2, 0.25) is 0 Å². The van der Waals surface area contributed by atoms with Gasteiger partial charge in [-0.2, -0.15) is 0 Å². The Morgan fingerprint density at radius 1 is 1.25 bits per heavy atom. The van der Waals surface area contributed by atoms with Gasteiger partial charge >= 0.3 is 16.6 Å². The molecule has 0 unspecified atom stereocenters. The second-order valence-corrected chi connectivity index (χ2v) is 3.09. The van der Waals surface area contributed by atoms with Crippen LogP contribution in [0.5, 0.6) is 0 Å². The van der Waals surface area contributed by atoms with E-state index >= 15 is 0 Å². The molecule has 0 amide bonds. The number of pyridine rings is 1. The van der Waals surface area contributed by atoms with Crippen LogP contribution in [-0.4, -0.2) is 4.98 Å². The number of nitrogens with zero attached hydrogens (tertiary/aromatic N) is 1. The molecule has 0 saturated heterocycles. The Morgan fingerprint density at radius 3 is 2.92 bits per heavy atom. The van der Waals surface area contributed by atoms with Crippen molar-refractivity contribution >= 4 is 22.6 Å². The molecule has 2 rings (SSSR count). The lowest BCUT2D eigenvalue weighted by Gasteiger charge is -1.91. The van der Waals surface area contributed by atoms with Crippen LogP contribution in [0.1, 0.15) is 0 Å². The fourth-order valence-electron chi connectivity index (χ4n) is 1.10. The Morgan fingerprint density at radius 2 is 2.08 bits per heavy atom. The molecule has 3 heteroatoms. The zero-order valence-corrected chi connectivity index (χ0v) is 7.04. The van der Waals surface area contributed by atoms with Gasteiger partial charge in [0.25, 0.3) is 0 Å². The van der Waals surface area contributed by atoms with Crippen molar-refractivity contribution in [3.8, 4) is 0 Å². The molecule has 1 aromatic carbocycles. The maximum Gasteiger partial charge on any atom is 0.506 e. The van der Waals surface area contributed by atoms with E-state index in [1.807, 2.05) is 30.3 Å². The van der Waals surface area contributed by atoms with Crippen LogP contribution in [0.3, 0.4) is 0 Å². The lowest BCUT2D eigenvalue weighted by molar-refractivity contribution is 0.605. The van der Waals surface area contributed by atoms with Crippen LogP contribution in [-0.2, 0) is 15.9 Å². The van der Waals surface area contributed by atoms with Crippen molar-refractivity contribution in [2.45, 2.75) is 4.90 Å². The summed E-state index contributed by atoms with van der Waals surface area (Å²) in [5.74, 6) is 0. The Kier molecular flexibility index (Phi) is 1.80. The molecule has 0 spiro atoms. The molecule has 0 bridgehead atoms. The predicted molar refractivity (Wildman–Crippen MR) is 48.1 cm³/mol. The number of benzene rings is 1. The number of rotatable bonds is 1. The summed E-state index contributed by atoms with van der Waals surface area (Å²) < 4.78 is 10.5. The van der Waals surface area contributed by atoms with E-state index in [4.69, 9.17) is 0 Å². The van der Waals surface area contributed by atoms with Crippen LogP contribution in [0.25, 0.3) is 10.9 Å². The van der Waals surface area contributed by atoms with E-state index in [-0.39, 0.29) is 0 Å². The molecular weight excluding hydrogens is 170 g/mol. The van der Waals surface area contributed by atoms with Crippen molar-refractivity contribution in [1.29, 1.82) is 0 Å². The third-order valence-electron chi connectivity index (χ3n) is 1.66. The van der Waals surface area contributed by atoms with Gasteiger partial charge in [-0.3, -0.25) is 4.98 Å². The normalized spacial score (nSPS) is 10.0. The first-order chi connectivity index (χ1) is 5.90. The van der Waals surface area contributed by atoms with E-state index < -0.39 is 0 Å². The molecule has 58 valence electrons. The molecule has 2 aromatic rings. The van der Waals surface area contributed by atoms with Crippen molar-refractivity contribution in [1.82, 2.24) is 4.98 Å². The molecule has 2 nitrogen and oxygen atoms in total. The van der Waals surface area contributed by atoms with E-state index in [0.29, 0.717) is 16.6 Å². The summed E-state index contributed by atoms with van der Waals surface area (Å²) in [5, 5.41) is 1.01. The maximum absolute atomic E-state index is 10.5. The second kappa shape index (κ2) is 2.95. The molecular formula is C9H6NOS+. The SMILES string of the molecule is O=[S+]c1cnc2ccccc2c1. The smallest absolute Gasteiger partial charge is 0.250 e. The Hall–Kier alpha value is -1.35. The van der Waals surface area contributed by atoms with Crippen LogP contribution < -0.4 is 0 Å². The van der Waals surface area contributed by atoms with Crippen molar-refractivity contribution in [2.24, 2.45) is 0 Å². The highest BCUT2D eigenvalue weighted by Gasteiger charge is 2.06. The zero-order valence-electron chi connectivity index (χ0n) is 6.23. The van der Waals surface area contributed by atoms with Crippen molar-refractivity contribution in [3.63, 3.8) is 0 Å². The minimum absolute atomic E-state index is 0.471. The van der Waals surface area contributed by atoms with Gasteiger partial charge in [0.2, 0.25) is 0 Å². The summed E-state index contributed by atoms with van der Waals surface area (Å²) in [7, 11) is 0. The van der Waals surface area contributed by atoms with Gasteiger partial charge in [0, 0.05) is 15.7 Å². The van der Waals surface area contributed by atoms with Gasteiger partial charge in [-0.05, 0) is 6.07 Å². The molecule has 0 fully saturated rings. The molecule has 12 heavy (non-hydrogen) atoms. The average Bonchev–Trinajstić information content (AvgIpc) is 2.17. The summed E-state index contributed by atoms with van der Waals surface area (Å²) in [4.78, 5) is 4.79. The molecule has 0 N–H and O–H groups in total. The van der Waals surface area contributed by atoms with Crippen LogP contribution in [0.4, 0.5) is 0 Å². The number of hydrogen-bond donors (Lipinski definition) is 0. The lowest BCUT2D eigenvalue weighted by atomic mass is 10.2. The van der Waals surface area contributed by atoms with Crippen molar-refractivity contribution in [3.05, 3.63) is 36.5 Å². The predicted octanol–water partition coefficient (Wildman–Crippen LogP) is 2.02. The Bertz CT molecular complexity index is 428.